The number of hydrogen-bond donors (Lipinski definition) is 2. The van der Waals surface area contributed by atoms with Crippen LogP contribution < -0.4 is 10.6 Å². The molecule has 148 valence electrons. The summed E-state index contributed by atoms with van der Waals surface area (Å²) >= 11 is 0. The number of nitrogens with zero attached hydrogens (tertiary/aromatic N) is 3. The maximum absolute atomic E-state index is 14.2. The Kier molecular flexibility index (Phi) is 7.29. The first-order valence-electron chi connectivity index (χ1n) is 8.88. The Labute approximate surface area is 158 Å². The number of rotatable bonds is 7. The quantitative estimate of drug-likeness (QED) is 0.572. The molecular weight excluding hydrogens is 352 g/mol. The van der Waals surface area contributed by atoms with E-state index in [1.54, 1.807) is 19.0 Å². The van der Waals surface area contributed by atoms with E-state index in [1.807, 2.05) is 20.8 Å². The van der Waals surface area contributed by atoms with Crippen LogP contribution in [0, 0.1) is 25.5 Å². The van der Waals surface area contributed by atoms with Crippen molar-refractivity contribution in [2.24, 2.45) is 4.99 Å². The number of benzene rings is 1. The molecule has 0 aliphatic rings. The lowest BCUT2D eigenvalue weighted by Crippen LogP contribution is -2.42. The van der Waals surface area contributed by atoms with Gasteiger partial charge >= 0.3 is 0 Å². The molecule has 1 aromatic heterocycles. The molecular formula is C19H27F2N5O. The summed E-state index contributed by atoms with van der Waals surface area (Å²) in [5, 5.41) is 6.25. The molecule has 0 saturated heterocycles. The van der Waals surface area contributed by atoms with E-state index in [9.17, 15) is 8.78 Å². The molecule has 1 unspecified atom stereocenters. The minimum atomic E-state index is -0.567. The average molecular weight is 379 g/mol. The highest BCUT2D eigenvalue weighted by Gasteiger charge is 2.22. The Hall–Kier alpha value is -2.48. The number of hydrogen-bond acceptors (Lipinski definition) is 4. The predicted octanol–water partition coefficient (Wildman–Crippen LogP) is 2.93. The highest BCUT2D eigenvalue weighted by molar-refractivity contribution is 5.79. The van der Waals surface area contributed by atoms with Crippen molar-refractivity contribution in [2.75, 3.05) is 27.2 Å². The fourth-order valence-corrected chi connectivity index (χ4v) is 2.66. The SMILES string of the molecule is CCNC(=NCc1nc(C)c(C)o1)NCC(c1c(F)cccc1F)N(C)C. The Morgan fingerprint density at radius 1 is 1.22 bits per heavy atom. The molecule has 8 heteroatoms. The van der Waals surface area contributed by atoms with Gasteiger partial charge in [0.1, 0.15) is 23.9 Å². The predicted molar refractivity (Wildman–Crippen MR) is 102 cm³/mol. The summed E-state index contributed by atoms with van der Waals surface area (Å²) in [6.07, 6.45) is 0. The van der Waals surface area contributed by atoms with E-state index in [4.69, 9.17) is 4.42 Å². The lowest BCUT2D eigenvalue weighted by Gasteiger charge is -2.26. The molecule has 0 spiro atoms. The van der Waals surface area contributed by atoms with Crippen molar-refractivity contribution >= 4 is 5.96 Å². The van der Waals surface area contributed by atoms with Crippen molar-refractivity contribution in [3.63, 3.8) is 0 Å². The highest BCUT2D eigenvalue weighted by atomic mass is 19.1. The minimum absolute atomic E-state index is 0.0322. The van der Waals surface area contributed by atoms with Crippen LogP contribution in [0.5, 0.6) is 0 Å². The van der Waals surface area contributed by atoms with Crippen LogP contribution in [-0.2, 0) is 6.54 Å². The Bertz CT molecular complexity index is 749. The zero-order valence-electron chi connectivity index (χ0n) is 16.4. The van der Waals surface area contributed by atoms with Gasteiger partial charge in [-0.3, -0.25) is 0 Å². The molecule has 0 bridgehead atoms. The van der Waals surface area contributed by atoms with E-state index >= 15 is 0 Å². The average Bonchev–Trinajstić information content (AvgIpc) is 2.92. The van der Waals surface area contributed by atoms with Gasteiger partial charge in [0.25, 0.3) is 0 Å². The molecule has 2 N–H and O–H groups in total. The zero-order chi connectivity index (χ0) is 20.0. The molecule has 0 saturated carbocycles. The first-order valence-corrected chi connectivity index (χ1v) is 8.88. The third kappa shape index (κ3) is 5.50. The standard InChI is InChI=1S/C19H27F2N5O/c1-6-22-19(24-11-17-25-12(2)13(3)27-17)23-10-16(26(4)5)18-14(20)8-7-9-15(18)21/h7-9,16H,6,10-11H2,1-5H3,(H2,22,23,24). The summed E-state index contributed by atoms with van der Waals surface area (Å²) in [6.45, 7) is 6.86. The molecule has 6 nitrogen and oxygen atoms in total. The van der Waals surface area contributed by atoms with E-state index in [0.717, 1.165) is 11.5 Å². The minimum Gasteiger partial charge on any atom is -0.444 e. The summed E-state index contributed by atoms with van der Waals surface area (Å²) in [6, 6.07) is 3.39. The van der Waals surface area contributed by atoms with E-state index in [-0.39, 0.29) is 18.7 Å². The fraction of sp³-hybridized carbons (Fsp3) is 0.474. The maximum Gasteiger partial charge on any atom is 0.216 e. The number of halogens is 2. The van der Waals surface area contributed by atoms with Crippen LogP contribution in [0.1, 0.15) is 35.9 Å². The third-order valence-corrected chi connectivity index (χ3v) is 4.21. The van der Waals surface area contributed by atoms with E-state index in [1.165, 1.54) is 18.2 Å². The van der Waals surface area contributed by atoms with Crippen molar-refractivity contribution in [1.82, 2.24) is 20.5 Å². The Balaban J connectivity index is 2.13. The van der Waals surface area contributed by atoms with E-state index < -0.39 is 17.7 Å². The number of likely N-dealkylation sites (N-methyl/N-ethyl adjacent to an activating group) is 1. The van der Waals surface area contributed by atoms with Gasteiger partial charge in [0.2, 0.25) is 5.89 Å². The second kappa shape index (κ2) is 9.45. The monoisotopic (exact) mass is 379 g/mol. The van der Waals surface area contributed by atoms with E-state index in [0.29, 0.717) is 18.4 Å². The number of nitrogens with one attached hydrogen (secondary N) is 2. The Morgan fingerprint density at radius 2 is 1.89 bits per heavy atom. The molecule has 0 radical (unpaired) electrons. The van der Waals surface area contributed by atoms with Gasteiger partial charge in [0, 0.05) is 18.7 Å². The summed E-state index contributed by atoms with van der Waals surface area (Å²) in [5.74, 6) is 0.674. The number of aromatic nitrogens is 1. The van der Waals surface area contributed by atoms with Crippen molar-refractivity contribution < 1.29 is 13.2 Å². The smallest absolute Gasteiger partial charge is 0.216 e. The van der Waals surface area contributed by atoms with Gasteiger partial charge in [0.05, 0.1) is 11.7 Å². The number of aryl methyl sites for hydroxylation is 2. The van der Waals surface area contributed by atoms with Crippen molar-refractivity contribution in [3.8, 4) is 0 Å². The van der Waals surface area contributed by atoms with Gasteiger partial charge in [-0.25, -0.2) is 18.8 Å². The van der Waals surface area contributed by atoms with Gasteiger partial charge in [0.15, 0.2) is 5.96 Å². The second-order valence-electron chi connectivity index (χ2n) is 6.44. The molecule has 2 aromatic rings. The molecule has 1 heterocycles. The van der Waals surface area contributed by atoms with Crippen LogP contribution in [0.2, 0.25) is 0 Å². The molecule has 0 fully saturated rings. The molecule has 2 rings (SSSR count). The van der Waals surface area contributed by atoms with E-state index in [2.05, 4.69) is 20.6 Å². The molecule has 0 aliphatic carbocycles. The normalized spacial score (nSPS) is 13.1. The lowest BCUT2D eigenvalue weighted by molar-refractivity contribution is 0.282. The van der Waals surface area contributed by atoms with Crippen LogP contribution in [-0.4, -0.2) is 43.0 Å². The van der Waals surface area contributed by atoms with Gasteiger partial charge in [-0.1, -0.05) is 6.07 Å². The number of guanidine groups is 1. The molecule has 1 aromatic carbocycles. The largest absolute Gasteiger partial charge is 0.444 e. The first-order chi connectivity index (χ1) is 12.8. The van der Waals surface area contributed by atoms with Crippen molar-refractivity contribution in [2.45, 2.75) is 33.4 Å². The fourth-order valence-electron chi connectivity index (χ4n) is 2.66. The van der Waals surface area contributed by atoms with Gasteiger partial charge in [-0.2, -0.15) is 0 Å². The van der Waals surface area contributed by atoms with Gasteiger partial charge in [-0.15, -0.1) is 0 Å². The maximum atomic E-state index is 14.2. The molecule has 27 heavy (non-hydrogen) atoms. The topological polar surface area (TPSA) is 65.7 Å². The first kappa shape index (κ1) is 20.8. The summed E-state index contributed by atoms with van der Waals surface area (Å²) < 4.78 is 33.9. The van der Waals surface area contributed by atoms with Crippen LogP contribution in [0.4, 0.5) is 8.78 Å². The van der Waals surface area contributed by atoms with Gasteiger partial charge < -0.3 is 20.0 Å². The molecule has 1 atom stereocenters. The van der Waals surface area contributed by atoms with Crippen molar-refractivity contribution in [3.05, 3.63) is 52.7 Å². The Morgan fingerprint density at radius 3 is 2.41 bits per heavy atom. The summed E-state index contributed by atoms with van der Waals surface area (Å²) in [4.78, 5) is 10.5. The number of aliphatic imine (C=N–C) groups is 1. The molecule has 0 aliphatic heterocycles. The third-order valence-electron chi connectivity index (χ3n) is 4.21. The van der Waals surface area contributed by atoms with Crippen LogP contribution >= 0.6 is 0 Å². The highest BCUT2D eigenvalue weighted by Crippen LogP contribution is 2.23. The van der Waals surface area contributed by atoms with Crippen LogP contribution in [0.3, 0.4) is 0 Å². The van der Waals surface area contributed by atoms with Crippen LogP contribution in [0.15, 0.2) is 27.6 Å². The second-order valence-corrected chi connectivity index (χ2v) is 6.44. The number of oxazole rings is 1. The summed E-state index contributed by atoms with van der Waals surface area (Å²) in [5.41, 5.74) is 0.866. The molecule has 0 amide bonds. The van der Waals surface area contributed by atoms with Crippen LogP contribution in [0.25, 0.3) is 0 Å². The zero-order valence-corrected chi connectivity index (χ0v) is 16.4. The van der Waals surface area contributed by atoms with Crippen molar-refractivity contribution in [1.29, 1.82) is 0 Å². The summed E-state index contributed by atoms with van der Waals surface area (Å²) in [7, 11) is 3.56. The van der Waals surface area contributed by atoms with Gasteiger partial charge in [-0.05, 0) is 47.0 Å². The lowest BCUT2D eigenvalue weighted by atomic mass is 10.0.